The van der Waals surface area contributed by atoms with Gasteiger partial charge in [-0.25, -0.2) is 0 Å². The molecule has 0 amide bonds. The van der Waals surface area contributed by atoms with Crippen LogP contribution in [0.2, 0.25) is 0 Å². The van der Waals surface area contributed by atoms with Crippen LogP contribution in [0.3, 0.4) is 0 Å². The van der Waals surface area contributed by atoms with E-state index in [1.807, 2.05) is 6.92 Å². The first-order valence-corrected chi connectivity index (χ1v) is 4.40. The molecular formula is C8H14N4. The Morgan fingerprint density at radius 2 is 2.42 bits per heavy atom. The maximum atomic E-state index is 5.63. The van der Waals surface area contributed by atoms with Gasteiger partial charge in [0, 0.05) is 13.0 Å². The predicted molar refractivity (Wildman–Crippen MR) is 45.6 cm³/mol. The zero-order chi connectivity index (χ0) is 8.55. The van der Waals surface area contributed by atoms with E-state index in [0.29, 0.717) is 5.92 Å². The molecule has 0 fully saturated rings. The Kier molecular flexibility index (Phi) is 1.84. The van der Waals surface area contributed by atoms with E-state index in [-0.39, 0.29) is 0 Å². The molecule has 1 aromatic heterocycles. The van der Waals surface area contributed by atoms with Crippen LogP contribution in [0.1, 0.15) is 18.1 Å². The number of fused-ring (bicyclic) bond motifs is 1. The highest BCUT2D eigenvalue weighted by atomic mass is 15.3. The number of hydrogen-bond acceptors (Lipinski definition) is 3. The maximum Gasteiger partial charge on any atom is 0.133 e. The SMILES string of the molecule is Cc1nnc2n1C[C@H](CN)CC2. The molecule has 2 N–H and O–H groups in total. The quantitative estimate of drug-likeness (QED) is 0.644. The van der Waals surface area contributed by atoms with E-state index in [2.05, 4.69) is 14.8 Å². The van der Waals surface area contributed by atoms with E-state index in [0.717, 1.165) is 37.6 Å². The molecule has 0 spiro atoms. The standard InChI is InChI=1S/C8H14N4/c1-6-10-11-8-3-2-7(4-9)5-12(6)8/h7H,2-5,9H2,1H3/t7-/m0/s1. The van der Waals surface area contributed by atoms with E-state index in [4.69, 9.17) is 5.73 Å². The summed E-state index contributed by atoms with van der Waals surface area (Å²) in [6.07, 6.45) is 2.19. The van der Waals surface area contributed by atoms with Crippen LogP contribution < -0.4 is 5.73 Å². The summed E-state index contributed by atoms with van der Waals surface area (Å²) in [6, 6.07) is 0. The average molecular weight is 166 g/mol. The topological polar surface area (TPSA) is 56.7 Å². The van der Waals surface area contributed by atoms with Crippen molar-refractivity contribution in [3.8, 4) is 0 Å². The van der Waals surface area contributed by atoms with Gasteiger partial charge in [-0.05, 0) is 25.8 Å². The van der Waals surface area contributed by atoms with Gasteiger partial charge in [0.1, 0.15) is 11.6 Å². The molecule has 12 heavy (non-hydrogen) atoms. The molecule has 0 aliphatic carbocycles. The highest BCUT2D eigenvalue weighted by Gasteiger charge is 2.19. The van der Waals surface area contributed by atoms with E-state index in [1.165, 1.54) is 0 Å². The molecule has 1 atom stereocenters. The summed E-state index contributed by atoms with van der Waals surface area (Å²) < 4.78 is 2.18. The lowest BCUT2D eigenvalue weighted by Crippen LogP contribution is -2.26. The number of nitrogens with two attached hydrogens (primary N) is 1. The molecule has 2 heterocycles. The zero-order valence-corrected chi connectivity index (χ0v) is 7.32. The lowest BCUT2D eigenvalue weighted by Gasteiger charge is -2.22. The van der Waals surface area contributed by atoms with E-state index in [1.54, 1.807) is 0 Å². The van der Waals surface area contributed by atoms with Crippen LogP contribution in [-0.4, -0.2) is 21.3 Å². The monoisotopic (exact) mass is 166 g/mol. The first-order chi connectivity index (χ1) is 5.81. The molecule has 1 aliphatic rings. The second-order valence-corrected chi connectivity index (χ2v) is 3.41. The van der Waals surface area contributed by atoms with Gasteiger partial charge in [0.2, 0.25) is 0 Å². The molecule has 1 aromatic rings. The molecular weight excluding hydrogens is 152 g/mol. The molecule has 0 saturated carbocycles. The molecule has 0 unspecified atom stereocenters. The Morgan fingerprint density at radius 1 is 1.58 bits per heavy atom. The minimum absolute atomic E-state index is 0.618. The molecule has 0 radical (unpaired) electrons. The van der Waals surface area contributed by atoms with Crippen LogP contribution in [0.15, 0.2) is 0 Å². The molecule has 0 bridgehead atoms. The van der Waals surface area contributed by atoms with Crippen LogP contribution in [0.5, 0.6) is 0 Å². The van der Waals surface area contributed by atoms with Gasteiger partial charge in [-0.1, -0.05) is 0 Å². The number of nitrogens with zero attached hydrogens (tertiary/aromatic N) is 3. The predicted octanol–water partition coefficient (Wildman–Crippen LogP) is 0.108. The van der Waals surface area contributed by atoms with Crippen molar-refractivity contribution in [3.63, 3.8) is 0 Å². The third kappa shape index (κ3) is 1.12. The fourth-order valence-corrected chi connectivity index (χ4v) is 1.72. The smallest absolute Gasteiger partial charge is 0.133 e. The Hall–Kier alpha value is -0.900. The van der Waals surface area contributed by atoms with Gasteiger partial charge in [-0.2, -0.15) is 0 Å². The minimum Gasteiger partial charge on any atom is -0.330 e. The van der Waals surface area contributed by atoms with Crippen LogP contribution in [0.4, 0.5) is 0 Å². The van der Waals surface area contributed by atoms with Crippen molar-refractivity contribution in [1.29, 1.82) is 0 Å². The van der Waals surface area contributed by atoms with Crippen molar-refractivity contribution in [2.75, 3.05) is 6.54 Å². The van der Waals surface area contributed by atoms with Gasteiger partial charge in [0.25, 0.3) is 0 Å². The average Bonchev–Trinajstić information content (AvgIpc) is 2.47. The van der Waals surface area contributed by atoms with Crippen LogP contribution in [0.25, 0.3) is 0 Å². The lowest BCUT2D eigenvalue weighted by molar-refractivity contribution is 0.369. The van der Waals surface area contributed by atoms with Crippen molar-refractivity contribution in [2.45, 2.75) is 26.3 Å². The summed E-state index contributed by atoms with van der Waals surface area (Å²) in [6.45, 7) is 3.77. The van der Waals surface area contributed by atoms with Gasteiger partial charge >= 0.3 is 0 Å². The largest absolute Gasteiger partial charge is 0.330 e. The summed E-state index contributed by atoms with van der Waals surface area (Å²) in [7, 11) is 0. The van der Waals surface area contributed by atoms with Gasteiger partial charge in [0.05, 0.1) is 0 Å². The van der Waals surface area contributed by atoms with E-state index >= 15 is 0 Å². The second-order valence-electron chi connectivity index (χ2n) is 3.41. The number of aryl methyl sites for hydroxylation is 2. The van der Waals surface area contributed by atoms with Crippen molar-refractivity contribution >= 4 is 0 Å². The van der Waals surface area contributed by atoms with E-state index in [9.17, 15) is 0 Å². The molecule has 2 rings (SSSR count). The third-order valence-corrected chi connectivity index (χ3v) is 2.56. The fraction of sp³-hybridized carbons (Fsp3) is 0.750. The maximum absolute atomic E-state index is 5.63. The Labute approximate surface area is 71.8 Å². The Bertz CT molecular complexity index is 279. The van der Waals surface area contributed by atoms with Gasteiger partial charge < -0.3 is 10.3 Å². The van der Waals surface area contributed by atoms with Crippen molar-refractivity contribution < 1.29 is 0 Å². The second kappa shape index (κ2) is 2.86. The molecule has 1 aliphatic heterocycles. The molecule has 4 nitrogen and oxygen atoms in total. The number of aromatic nitrogens is 3. The molecule has 4 heteroatoms. The number of rotatable bonds is 1. The van der Waals surface area contributed by atoms with Crippen LogP contribution in [-0.2, 0) is 13.0 Å². The zero-order valence-electron chi connectivity index (χ0n) is 7.32. The molecule has 66 valence electrons. The Balaban J connectivity index is 2.26. The molecule has 0 aromatic carbocycles. The van der Waals surface area contributed by atoms with E-state index < -0.39 is 0 Å². The van der Waals surface area contributed by atoms with Crippen LogP contribution >= 0.6 is 0 Å². The van der Waals surface area contributed by atoms with Gasteiger partial charge in [0.15, 0.2) is 0 Å². The molecule has 0 saturated heterocycles. The number of hydrogen-bond donors (Lipinski definition) is 1. The minimum atomic E-state index is 0.618. The summed E-state index contributed by atoms with van der Waals surface area (Å²) in [5.41, 5.74) is 5.63. The van der Waals surface area contributed by atoms with Crippen molar-refractivity contribution in [2.24, 2.45) is 11.7 Å². The van der Waals surface area contributed by atoms with Crippen LogP contribution in [0, 0.1) is 12.8 Å². The van der Waals surface area contributed by atoms with Crippen molar-refractivity contribution in [1.82, 2.24) is 14.8 Å². The first kappa shape index (κ1) is 7.73. The van der Waals surface area contributed by atoms with Crippen molar-refractivity contribution in [3.05, 3.63) is 11.6 Å². The first-order valence-electron chi connectivity index (χ1n) is 4.40. The van der Waals surface area contributed by atoms with Gasteiger partial charge in [-0.15, -0.1) is 10.2 Å². The Morgan fingerprint density at radius 3 is 3.17 bits per heavy atom. The summed E-state index contributed by atoms with van der Waals surface area (Å²) >= 11 is 0. The summed E-state index contributed by atoms with van der Waals surface area (Å²) in [4.78, 5) is 0. The summed E-state index contributed by atoms with van der Waals surface area (Å²) in [5.74, 6) is 2.76. The lowest BCUT2D eigenvalue weighted by atomic mass is 10.00. The normalized spacial score (nSPS) is 22.3. The summed E-state index contributed by atoms with van der Waals surface area (Å²) in [5, 5.41) is 8.14. The highest BCUT2D eigenvalue weighted by Crippen LogP contribution is 2.18. The third-order valence-electron chi connectivity index (χ3n) is 2.56. The highest BCUT2D eigenvalue weighted by molar-refractivity contribution is 4.98. The fourth-order valence-electron chi connectivity index (χ4n) is 1.72. The van der Waals surface area contributed by atoms with Gasteiger partial charge in [-0.3, -0.25) is 0 Å².